The molecule has 1 spiro atoms. The molecule has 206 valence electrons. The third kappa shape index (κ3) is 5.98. The molecular weight excluding hydrogens is 525 g/mol. The van der Waals surface area contributed by atoms with E-state index in [4.69, 9.17) is 11.6 Å². The summed E-state index contributed by atoms with van der Waals surface area (Å²) in [4.78, 5) is 11.6. The molecule has 0 atom stereocenters. The average molecular weight is 564 g/mol. The monoisotopic (exact) mass is 563 g/mol. The third-order valence-corrected chi connectivity index (χ3v) is 10.7. The van der Waals surface area contributed by atoms with Gasteiger partial charge in [0.2, 0.25) is 5.95 Å². The summed E-state index contributed by atoms with van der Waals surface area (Å²) in [6.45, 7) is 8.08. The van der Waals surface area contributed by atoms with Gasteiger partial charge in [-0.05, 0) is 100 Å². The molecule has 0 amide bonds. The fraction of sp³-hybridized carbons (Fsp3) is 0.484. The molecule has 0 unspecified atom stereocenters. The maximum Gasteiger partial charge on any atom is 0.229 e. The van der Waals surface area contributed by atoms with Crippen molar-refractivity contribution in [1.29, 1.82) is 0 Å². The van der Waals surface area contributed by atoms with Crippen molar-refractivity contribution in [2.45, 2.75) is 51.9 Å². The van der Waals surface area contributed by atoms with Gasteiger partial charge in [-0.15, -0.1) is 0 Å². The van der Waals surface area contributed by atoms with Crippen molar-refractivity contribution in [1.82, 2.24) is 9.97 Å². The summed E-state index contributed by atoms with van der Waals surface area (Å²) < 4.78 is 12.8. The lowest BCUT2D eigenvalue weighted by molar-refractivity contribution is 0.104. The topological polar surface area (TPSA) is 70.1 Å². The molecule has 1 aromatic heterocycles. The summed E-state index contributed by atoms with van der Waals surface area (Å²) >= 11 is 6.42. The summed E-state index contributed by atoms with van der Waals surface area (Å²) in [5.41, 5.74) is 4.80. The van der Waals surface area contributed by atoms with Gasteiger partial charge < -0.3 is 20.1 Å². The Morgan fingerprint density at radius 1 is 1.03 bits per heavy atom. The molecule has 0 bridgehead atoms. The van der Waals surface area contributed by atoms with Gasteiger partial charge in [0, 0.05) is 35.2 Å². The molecular formula is C31H39ClN5OP. The molecule has 3 fully saturated rings. The quantitative estimate of drug-likeness (QED) is 0.271. The van der Waals surface area contributed by atoms with Crippen LogP contribution < -0.4 is 20.8 Å². The van der Waals surface area contributed by atoms with Gasteiger partial charge in [0.05, 0.1) is 11.9 Å². The Balaban J connectivity index is 1.10. The molecule has 2 saturated carbocycles. The summed E-state index contributed by atoms with van der Waals surface area (Å²) in [7, 11) is -2.48. The van der Waals surface area contributed by atoms with Crippen molar-refractivity contribution in [3.05, 3.63) is 59.2 Å². The molecule has 1 saturated heterocycles. The highest BCUT2D eigenvalue weighted by Gasteiger charge is 2.45. The summed E-state index contributed by atoms with van der Waals surface area (Å²) in [5.74, 6) is 2.98. The third-order valence-electron chi connectivity index (χ3n) is 8.86. The predicted molar refractivity (Wildman–Crippen MR) is 164 cm³/mol. The van der Waals surface area contributed by atoms with Gasteiger partial charge in [-0.3, -0.25) is 0 Å². The van der Waals surface area contributed by atoms with Crippen LogP contribution in [0, 0.1) is 24.2 Å². The lowest BCUT2D eigenvalue weighted by Gasteiger charge is -2.55. The number of hydrogen-bond acceptors (Lipinski definition) is 6. The molecule has 6 nitrogen and oxygen atoms in total. The summed E-state index contributed by atoms with van der Waals surface area (Å²) in [5, 5.41) is 7.76. The van der Waals surface area contributed by atoms with Gasteiger partial charge in [0.25, 0.3) is 0 Å². The van der Waals surface area contributed by atoms with Crippen LogP contribution in [0.25, 0.3) is 0 Å². The smallest absolute Gasteiger partial charge is 0.229 e. The molecule has 2 heterocycles. The van der Waals surface area contributed by atoms with Crippen LogP contribution in [0.2, 0.25) is 5.02 Å². The Morgan fingerprint density at radius 2 is 1.74 bits per heavy atom. The number of aryl methyl sites for hydroxylation is 1. The van der Waals surface area contributed by atoms with Crippen molar-refractivity contribution in [3.63, 3.8) is 0 Å². The summed E-state index contributed by atoms with van der Waals surface area (Å²) in [6.07, 6.45) is 11.7. The average Bonchev–Trinajstić information content (AvgIpc) is 3.70. The van der Waals surface area contributed by atoms with E-state index in [0.29, 0.717) is 22.2 Å². The molecule has 0 radical (unpaired) electrons. The minimum absolute atomic E-state index is 0.400. The number of anilines is 5. The Bertz CT molecular complexity index is 1400. The first-order chi connectivity index (χ1) is 18.7. The lowest BCUT2D eigenvalue weighted by Crippen LogP contribution is -2.58. The molecule has 2 N–H and O–H groups in total. The maximum atomic E-state index is 12.8. The maximum absolute atomic E-state index is 12.8. The van der Waals surface area contributed by atoms with Crippen molar-refractivity contribution < 1.29 is 4.57 Å². The predicted octanol–water partition coefficient (Wildman–Crippen LogP) is 7.97. The second kappa shape index (κ2) is 10.4. The highest BCUT2D eigenvalue weighted by atomic mass is 35.5. The van der Waals surface area contributed by atoms with Crippen LogP contribution in [0.5, 0.6) is 0 Å². The number of rotatable bonds is 8. The first kappa shape index (κ1) is 26.7. The number of nitrogens with one attached hydrogen (secondary N) is 2. The molecule has 6 rings (SSSR count). The number of nitrogens with zero attached hydrogens (tertiary/aromatic N) is 3. The molecule has 3 aliphatic rings. The zero-order valence-corrected chi connectivity index (χ0v) is 24.9. The molecule has 1 aliphatic heterocycles. The number of halogens is 1. The molecule has 2 aromatic carbocycles. The molecule has 39 heavy (non-hydrogen) atoms. The lowest BCUT2D eigenvalue weighted by atomic mass is 9.65. The molecule has 8 heteroatoms. The van der Waals surface area contributed by atoms with Crippen LogP contribution in [0.3, 0.4) is 0 Å². The van der Waals surface area contributed by atoms with E-state index in [-0.39, 0.29) is 0 Å². The second-order valence-electron chi connectivity index (χ2n) is 12.5. The largest absolute Gasteiger partial charge is 0.370 e. The van der Waals surface area contributed by atoms with Crippen LogP contribution in [0.15, 0.2) is 48.7 Å². The highest BCUT2D eigenvalue weighted by Crippen LogP contribution is 2.50. The van der Waals surface area contributed by atoms with E-state index in [0.717, 1.165) is 28.5 Å². The Labute approximate surface area is 237 Å². The van der Waals surface area contributed by atoms with Crippen LogP contribution in [-0.2, 0) is 4.57 Å². The number of para-hydroxylation sites is 1. The fourth-order valence-corrected chi connectivity index (χ4v) is 7.80. The Hall–Kier alpha value is -2.56. The van der Waals surface area contributed by atoms with E-state index < -0.39 is 7.14 Å². The Morgan fingerprint density at radius 3 is 2.44 bits per heavy atom. The van der Waals surface area contributed by atoms with E-state index in [9.17, 15) is 4.57 Å². The minimum atomic E-state index is -2.48. The van der Waals surface area contributed by atoms with Gasteiger partial charge in [0.1, 0.15) is 12.2 Å². The van der Waals surface area contributed by atoms with Gasteiger partial charge in [-0.2, -0.15) is 4.98 Å². The zero-order valence-electron chi connectivity index (χ0n) is 23.2. The zero-order chi connectivity index (χ0) is 27.2. The molecule has 3 aromatic rings. The van der Waals surface area contributed by atoms with Crippen LogP contribution in [-0.4, -0.2) is 36.4 Å². The Kier molecular flexibility index (Phi) is 7.14. The van der Waals surface area contributed by atoms with E-state index in [1.807, 2.05) is 24.3 Å². The number of benzene rings is 2. The van der Waals surface area contributed by atoms with Gasteiger partial charge in [-0.25, -0.2) is 4.98 Å². The van der Waals surface area contributed by atoms with Gasteiger partial charge >= 0.3 is 0 Å². The number of hydrogen-bond donors (Lipinski definition) is 2. The normalized spacial score (nSPS) is 19.1. The SMILES string of the molecule is Cc1cc(Nc2ncc(Cl)c(Nc3ccccc3P(C)(C)=O)n2)ccc1N1CC2(CCC(CC3CC3)CC2)C1. The van der Waals surface area contributed by atoms with E-state index in [2.05, 4.69) is 50.6 Å². The van der Waals surface area contributed by atoms with Gasteiger partial charge in [0.15, 0.2) is 5.82 Å². The highest BCUT2D eigenvalue weighted by molar-refractivity contribution is 7.70. The standard InChI is InChI=1S/C31H39ClN5OP/c1-21-16-24(10-11-27(21)37-19-31(20-37)14-12-23(13-15-31)17-22-8-9-22)34-30-33-18-25(32)29(36-30)35-26-6-4-5-7-28(26)39(2,3)38/h4-7,10-11,16,18,22-23H,8-9,12-15,17,19-20H2,1-3H3,(H2,33,34,35,36). The van der Waals surface area contributed by atoms with Crippen molar-refractivity contribution in [2.24, 2.45) is 17.3 Å². The number of aromatic nitrogens is 2. The first-order valence-electron chi connectivity index (χ1n) is 14.2. The van der Waals surface area contributed by atoms with E-state index in [1.54, 1.807) is 19.5 Å². The summed E-state index contributed by atoms with van der Waals surface area (Å²) in [6, 6.07) is 14.0. The minimum Gasteiger partial charge on any atom is -0.370 e. The van der Waals surface area contributed by atoms with Crippen LogP contribution in [0.4, 0.5) is 28.8 Å². The van der Waals surface area contributed by atoms with Crippen LogP contribution in [0.1, 0.15) is 50.5 Å². The van der Waals surface area contributed by atoms with Crippen LogP contribution >= 0.6 is 18.7 Å². The van der Waals surface area contributed by atoms with Gasteiger partial charge in [-0.1, -0.05) is 36.6 Å². The van der Waals surface area contributed by atoms with Crippen molar-refractivity contribution in [2.75, 3.05) is 42.0 Å². The molecule has 2 aliphatic carbocycles. The van der Waals surface area contributed by atoms with E-state index in [1.165, 1.54) is 69.3 Å². The first-order valence-corrected chi connectivity index (χ1v) is 17.2. The fourth-order valence-electron chi connectivity index (χ4n) is 6.51. The van der Waals surface area contributed by atoms with Crippen molar-refractivity contribution in [3.8, 4) is 0 Å². The second-order valence-corrected chi connectivity index (χ2v) is 16.1. The van der Waals surface area contributed by atoms with Crippen molar-refractivity contribution >= 4 is 52.9 Å². The van der Waals surface area contributed by atoms with E-state index >= 15 is 0 Å².